The average molecular weight is 253 g/mol. The molecule has 0 aliphatic carbocycles. The predicted octanol–water partition coefficient (Wildman–Crippen LogP) is 0.881. The first-order chi connectivity index (χ1) is 8.35. The fraction of sp³-hybridized carbons (Fsp3) is 0.929. The Hall–Kier alpha value is -0.610. The zero-order valence-electron chi connectivity index (χ0n) is 12.3. The van der Waals surface area contributed by atoms with Gasteiger partial charge in [-0.25, -0.2) is 0 Å². The summed E-state index contributed by atoms with van der Waals surface area (Å²) in [5.74, 6) is 0.225. The summed E-state index contributed by atoms with van der Waals surface area (Å²) in [6.07, 6.45) is 0. The van der Waals surface area contributed by atoms with Crippen LogP contribution in [0.4, 0.5) is 0 Å². The van der Waals surface area contributed by atoms with Crippen LogP contribution in [0.25, 0.3) is 0 Å². The second-order valence-corrected chi connectivity index (χ2v) is 6.95. The van der Waals surface area contributed by atoms with Crippen molar-refractivity contribution in [2.75, 3.05) is 45.8 Å². The van der Waals surface area contributed by atoms with E-state index in [9.17, 15) is 4.79 Å². The molecule has 4 nitrogen and oxygen atoms in total. The van der Waals surface area contributed by atoms with Gasteiger partial charge in [-0.1, -0.05) is 20.8 Å². The van der Waals surface area contributed by atoms with Crippen LogP contribution in [-0.4, -0.2) is 72.5 Å². The van der Waals surface area contributed by atoms with Crippen molar-refractivity contribution in [3.05, 3.63) is 0 Å². The van der Waals surface area contributed by atoms with Crippen LogP contribution in [0.2, 0.25) is 0 Å². The van der Waals surface area contributed by atoms with Gasteiger partial charge >= 0.3 is 0 Å². The Kier molecular flexibility index (Phi) is 3.97. The van der Waals surface area contributed by atoms with E-state index in [0.717, 1.165) is 39.3 Å². The monoisotopic (exact) mass is 253 g/mol. The Morgan fingerprint density at radius 2 is 1.78 bits per heavy atom. The average Bonchev–Trinajstić information content (AvgIpc) is 2.25. The highest BCUT2D eigenvalue weighted by Gasteiger charge is 2.33. The molecule has 2 aliphatic rings. The van der Waals surface area contributed by atoms with Gasteiger partial charge in [0, 0.05) is 58.8 Å². The van der Waals surface area contributed by atoms with Crippen LogP contribution >= 0.6 is 0 Å². The molecule has 0 aromatic heterocycles. The molecule has 0 saturated carbocycles. The highest BCUT2D eigenvalue weighted by Crippen LogP contribution is 2.20. The lowest BCUT2D eigenvalue weighted by molar-refractivity contribution is -0.133. The SMILES string of the molecule is CC(=O)N1CCN2CCN(CC(C)(C)C)CC2C1. The fourth-order valence-electron chi connectivity index (χ4n) is 3.12. The molecule has 0 spiro atoms. The first kappa shape index (κ1) is 13.8. The van der Waals surface area contributed by atoms with Crippen LogP contribution in [0.1, 0.15) is 27.7 Å². The lowest BCUT2D eigenvalue weighted by atomic mass is 9.95. The second-order valence-electron chi connectivity index (χ2n) is 6.95. The molecule has 1 unspecified atom stereocenters. The van der Waals surface area contributed by atoms with Gasteiger partial charge in [0.05, 0.1) is 0 Å². The quantitative estimate of drug-likeness (QED) is 0.694. The van der Waals surface area contributed by atoms with E-state index in [1.807, 2.05) is 4.90 Å². The summed E-state index contributed by atoms with van der Waals surface area (Å²) in [7, 11) is 0. The summed E-state index contributed by atoms with van der Waals surface area (Å²) in [5.41, 5.74) is 0.358. The Morgan fingerprint density at radius 1 is 1.11 bits per heavy atom. The summed E-state index contributed by atoms with van der Waals surface area (Å²) < 4.78 is 0. The Balaban J connectivity index is 1.91. The highest BCUT2D eigenvalue weighted by atomic mass is 16.2. The molecular weight excluding hydrogens is 226 g/mol. The van der Waals surface area contributed by atoms with E-state index >= 15 is 0 Å². The number of rotatable bonds is 1. The highest BCUT2D eigenvalue weighted by molar-refractivity contribution is 5.73. The van der Waals surface area contributed by atoms with Crippen LogP contribution in [-0.2, 0) is 4.79 Å². The van der Waals surface area contributed by atoms with E-state index < -0.39 is 0 Å². The van der Waals surface area contributed by atoms with Crippen molar-refractivity contribution in [2.24, 2.45) is 5.41 Å². The lowest BCUT2D eigenvalue weighted by Gasteiger charge is -2.48. The molecule has 4 heteroatoms. The van der Waals surface area contributed by atoms with E-state index in [1.165, 1.54) is 6.54 Å². The maximum atomic E-state index is 11.5. The van der Waals surface area contributed by atoms with Gasteiger partial charge in [0.2, 0.25) is 5.91 Å². The topological polar surface area (TPSA) is 26.8 Å². The number of carbonyl (C=O) groups excluding carboxylic acids is 1. The number of hydrogen-bond donors (Lipinski definition) is 0. The Labute approximate surface area is 111 Å². The van der Waals surface area contributed by atoms with Crippen LogP contribution in [0.5, 0.6) is 0 Å². The van der Waals surface area contributed by atoms with E-state index in [-0.39, 0.29) is 5.91 Å². The summed E-state index contributed by atoms with van der Waals surface area (Å²) >= 11 is 0. The third kappa shape index (κ3) is 3.45. The summed E-state index contributed by atoms with van der Waals surface area (Å²) in [6.45, 7) is 16.0. The number of piperazine rings is 2. The van der Waals surface area contributed by atoms with E-state index in [2.05, 4.69) is 30.6 Å². The molecule has 0 aromatic carbocycles. The molecule has 2 heterocycles. The standard InChI is InChI=1S/C14H27N3O/c1-12(18)17-8-7-16-6-5-15(9-13(16)10-17)11-14(2,3)4/h13H,5-11H2,1-4H3. The molecule has 1 amide bonds. The first-order valence-electron chi connectivity index (χ1n) is 7.07. The number of nitrogens with zero attached hydrogens (tertiary/aromatic N) is 3. The van der Waals surface area contributed by atoms with Crippen LogP contribution in [0.15, 0.2) is 0 Å². The van der Waals surface area contributed by atoms with Crippen molar-refractivity contribution >= 4 is 5.91 Å². The molecule has 2 saturated heterocycles. The molecule has 0 radical (unpaired) electrons. The number of carbonyl (C=O) groups is 1. The van der Waals surface area contributed by atoms with Gasteiger partial charge in [0.15, 0.2) is 0 Å². The van der Waals surface area contributed by atoms with E-state index in [0.29, 0.717) is 11.5 Å². The number of fused-ring (bicyclic) bond motifs is 1. The molecule has 104 valence electrons. The van der Waals surface area contributed by atoms with Crippen molar-refractivity contribution in [3.63, 3.8) is 0 Å². The van der Waals surface area contributed by atoms with Gasteiger partial charge in [0.1, 0.15) is 0 Å². The summed E-state index contributed by atoms with van der Waals surface area (Å²) in [4.78, 5) is 18.6. The van der Waals surface area contributed by atoms with E-state index in [1.54, 1.807) is 6.92 Å². The summed E-state index contributed by atoms with van der Waals surface area (Å²) in [6, 6.07) is 0.541. The van der Waals surface area contributed by atoms with E-state index in [4.69, 9.17) is 0 Å². The molecule has 2 aliphatic heterocycles. The smallest absolute Gasteiger partial charge is 0.219 e. The first-order valence-corrected chi connectivity index (χ1v) is 7.07. The molecule has 1 atom stereocenters. The van der Waals surface area contributed by atoms with Gasteiger partial charge in [-0.15, -0.1) is 0 Å². The van der Waals surface area contributed by atoms with Crippen LogP contribution in [0, 0.1) is 5.41 Å². The van der Waals surface area contributed by atoms with Crippen molar-refractivity contribution < 1.29 is 4.79 Å². The molecule has 0 N–H and O–H groups in total. The minimum atomic E-state index is 0.225. The Bertz CT molecular complexity index is 311. The third-order valence-electron chi connectivity index (χ3n) is 3.92. The molecule has 18 heavy (non-hydrogen) atoms. The third-order valence-corrected chi connectivity index (χ3v) is 3.92. The maximum Gasteiger partial charge on any atom is 0.219 e. The van der Waals surface area contributed by atoms with Crippen molar-refractivity contribution in [3.8, 4) is 0 Å². The lowest BCUT2D eigenvalue weighted by Crippen LogP contribution is -2.63. The van der Waals surface area contributed by atoms with Gasteiger partial charge in [-0.3, -0.25) is 14.6 Å². The minimum Gasteiger partial charge on any atom is -0.340 e. The zero-order valence-corrected chi connectivity index (χ0v) is 12.3. The maximum absolute atomic E-state index is 11.5. The predicted molar refractivity (Wildman–Crippen MR) is 73.5 cm³/mol. The fourth-order valence-corrected chi connectivity index (χ4v) is 3.12. The zero-order chi connectivity index (χ0) is 13.3. The molecular formula is C14H27N3O. The molecule has 0 aromatic rings. The van der Waals surface area contributed by atoms with Crippen LogP contribution in [0.3, 0.4) is 0 Å². The van der Waals surface area contributed by atoms with Crippen molar-refractivity contribution in [1.29, 1.82) is 0 Å². The van der Waals surface area contributed by atoms with Gasteiger partial charge in [-0.2, -0.15) is 0 Å². The normalized spacial score (nSPS) is 27.1. The minimum absolute atomic E-state index is 0.225. The van der Waals surface area contributed by atoms with Crippen molar-refractivity contribution in [1.82, 2.24) is 14.7 Å². The second kappa shape index (κ2) is 5.17. The van der Waals surface area contributed by atoms with Crippen LogP contribution < -0.4 is 0 Å². The number of amides is 1. The molecule has 2 rings (SSSR count). The molecule has 2 fully saturated rings. The van der Waals surface area contributed by atoms with Gasteiger partial charge in [0.25, 0.3) is 0 Å². The Morgan fingerprint density at radius 3 is 2.39 bits per heavy atom. The largest absolute Gasteiger partial charge is 0.340 e. The molecule has 0 bridgehead atoms. The summed E-state index contributed by atoms with van der Waals surface area (Å²) in [5, 5.41) is 0. The van der Waals surface area contributed by atoms with Gasteiger partial charge < -0.3 is 4.90 Å². The number of hydrogen-bond acceptors (Lipinski definition) is 3. The van der Waals surface area contributed by atoms with Gasteiger partial charge in [-0.05, 0) is 5.41 Å². The van der Waals surface area contributed by atoms with Crippen molar-refractivity contribution in [2.45, 2.75) is 33.7 Å².